The summed E-state index contributed by atoms with van der Waals surface area (Å²) in [5.74, 6) is -2.06. The Morgan fingerprint density at radius 3 is 2.41 bits per heavy atom. The maximum atomic E-state index is 13.8. The molecule has 0 saturated carbocycles. The molecule has 4 rings (SSSR count). The number of carbonyl (C=O) groups excluding carboxylic acids is 1. The van der Waals surface area contributed by atoms with E-state index in [-0.39, 0.29) is 5.82 Å². The molecule has 0 aliphatic carbocycles. The minimum atomic E-state index is -0.931. The van der Waals surface area contributed by atoms with E-state index in [2.05, 4.69) is 15.3 Å². The van der Waals surface area contributed by atoms with Gasteiger partial charge in [-0.3, -0.25) is 4.79 Å². The minimum absolute atomic E-state index is 0.197. The lowest BCUT2D eigenvalue weighted by Crippen LogP contribution is -2.16. The van der Waals surface area contributed by atoms with E-state index in [1.165, 1.54) is 12.3 Å². The van der Waals surface area contributed by atoms with Crippen LogP contribution in [0.25, 0.3) is 22.6 Å². The van der Waals surface area contributed by atoms with Crippen molar-refractivity contribution in [2.75, 3.05) is 5.32 Å². The molecular weight excluding hydrogens is 376 g/mol. The molecule has 2 aromatic heterocycles. The van der Waals surface area contributed by atoms with Crippen LogP contribution in [0.4, 0.5) is 14.6 Å². The molecule has 1 N–H and O–H groups in total. The third-order valence-corrected chi connectivity index (χ3v) is 4.37. The number of pyridine rings is 1. The summed E-state index contributed by atoms with van der Waals surface area (Å²) < 4.78 is 32.9. The van der Waals surface area contributed by atoms with Crippen LogP contribution in [-0.4, -0.2) is 15.9 Å². The molecule has 0 radical (unpaired) electrons. The zero-order chi connectivity index (χ0) is 20.4. The molecule has 0 aliphatic rings. The molecule has 7 heteroatoms. The monoisotopic (exact) mass is 391 g/mol. The van der Waals surface area contributed by atoms with Gasteiger partial charge in [0.2, 0.25) is 5.89 Å². The number of halogens is 2. The Labute approximate surface area is 165 Å². The third-order valence-electron chi connectivity index (χ3n) is 4.37. The van der Waals surface area contributed by atoms with Crippen LogP contribution in [0.1, 0.15) is 16.1 Å². The van der Waals surface area contributed by atoms with E-state index in [0.717, 1.165) is 28.8 Å². The number of amides is 1. The van der Waals surface area contributed by atoms with Gasteiger partial charge in [0.25, 0.3) is 5.91 Å². The number of nitrogens with one attached hydrogen (secondary N) is 1. The van der Waals surface area contributed by atoms with E-state index in [1.807, 2.05) is 24.3 Å². The second kappa shape index (κ2) is 7.63. The van der Waals surface area contributed by atoms with Crippen molar-refractivity contribution in [3.63, 3.8) is 0 Å². The van der Waals surface area contributed by atoms with Crippen LogP contribution in [0.3, 0.4) is 0 Å². The summed E-state index contributed by atoms with van der Waals surface area (Å²) in [6.45, 7) is 1.78. The normalized spacial score (nSPS) is 10.7. The Bertz CT molecular complexity index is 1170. The molecule has 2 heterocycles. The summed E-state index contributed by atoms with van der Waals surface area (Å²) in [5, 5.41) is 2.44. The van der Waals surface area contributed by atoms with Crippen molar-refractivity contribution in [2.24, 2.45) is 0 Å². The summed E-state index contributed by atoms with van der Waals surface area (Å²) in [5.41, 5.74) is 2.55. The number of nitrogens with zero attached hydrogens (tertiary/aromatic N) is 2. The van der Waals surface area contributed by atoms with Gasteiger partial charge < -0.3 is 9.73 Å². The van der Waals surface area contributed by atoms with Crippen molar-refractivity contribution in [1.82, 2.24) is 9.97 Å². The lowest BCUT2D eigenvalue weighted by atomic mass is 10.0. The first kappa shape index (κ1) is 18.5. The molecule has 0 fully saturated rings. The van der Waals surface area contributed by atoms with E-state index in [0.29, 0.717) is 11.6 Å². The maximum Gasteiger partial charge on any atom is 0.262 e. The van der Waals surface area contributed by atoms with E-state index in [9.17, 15) is 13.6 Å². The van der Waals surface area contributed by atoms with Crippen LogP contribution in [0.2, 0.25) is 0 Å². The van der Waals surface area contributed by atoms with Crippen molar-refractivity contribution < 1.29 is 18.0 Å². The molecule has 144 valence electrons. The Morgan fingerprint density at radius 2 is 1.72 bits per heavy atom. The minimum Gasteiger partial charge on any atom is -0.445 e. The average Bonchev–Trinajstić information content (AvgIpc) is 3.23. The van der Waals surface area contributed by atoms with Gasteiger partial charge in [0.1, 0.15) is 29.3 Å². The van der Waals surface area contributed by atoms with Crippen molar-refractivity contribution in [3.05, 3.63) is 89.9 Å². The zero-order valence-corrected chi connectivity index (χ0v) is 15.3. The van der Waals surface area contributed by atoms with E-state index < -0.39 is 23.1 Å². The number of aromatic nitrogens is 2. The Balaban J connectivity index is 1.61. The van der Waals surface area contributed by atoms with E-state index in [1.54, 1.807) is 25.3 Å². The van der Waals surface area contributed by atoms with Gasteiger partial charge in [0.05, 0.1) is 6.20 Å². The van der Waals surface area contributed by atoms with Crippen LogP contribution >= 0.6 is 0 Å². The SMILES string of the molecule is Cc1nc(NC(=O)c2c(F)cccc2F)ccc1-c1cccc(-c2ncco2)c1. The van der Waals surface area contributed by atoms with Crippen LogP contribution in [-0.2, 0) is 0 Å². The number of hydrogen-bond donors (Lipinski definition) is 1. The molecule has 0 atom stereocenters. The van der Waals surface area contributed by atoms with Gasteiger partial charge in [-0.2, -0.15) is 0 Å². The Kier molecular flexibility index (Phi) is 4.87. The summed E-state index contributed by atoms with van der Waals surface area (Å²) >= 11 is 0. The first-order chi connectivity index (χ1) is 14.0. The molecule has 4 aromatic rings. The molecule has 0 saturated heterocycles. The first-order valence-corrected chi connectivity index (χ1v) is 8.76. The molecule has 5 nitrogen and oxygen atoms in total. The molecule has 0 bridgehead atoms. The van der Waals surface area contributed by atoms with Crippen molar-refractivity contribution >= 4 is 11.7 Å². The van der Waals surface area contributed by atoms with Gasteiger partial charge >= 0.3 is 0 Å². The predicted molar refractivity (Wildman–Crippen MR) is 104 cm³/mol. The number of aryl methyl sites for hydroxylation is 1. The third kappa shape index (κ3) is 3.75. The van der Waals surface area contributed by atoms with Gasteiger partial charge in [0.15, 0.2) is 0 Å². The van der Waals surface area contributed by atoms with Crippen molar-refractivity contribution in [2.45, 2.75) is 6.92 Å². The quantitative estimate of drug-likeness (QED) is 0.516. The second-order valence-electron chi connectivity index (χ2n) is 6.30. The molecular formula is C22H15F2N3O2. The number of carbonyl (C=O) groups is 1. The van der Waals surface area contributed by atoms with Crippen LogP contribution < -0.4 is 5.32 Å². The van der Waals surface area contributed by atoms with Crippen LogP contribution in [0, 0.1) is 18.6 Å². The van der Waals surface area contributed by atoms with Gasteiger partial charge in [-0.15, -0.1) is 0 Å². The molecule has 2 aromatic carbocycles. The molecule has 1 amide bonds. The van der Waals surface area contributed by atoms with E-state index >= 15 is 0 Å². The number of hydrogen-bond acceptors (Lipinski definition) is 4. The number of rotatable bonds is 4. The standard InChI is InChI=1S/C22H15F2N3O2/c1-13-16(14-4-2-5-15(12-14)22-25-10-11-29-22)8-9-19(26-13)27-21(28)20-17(23)6-3-7-18(20)24/h2-12H,1H3,(H,26,27,28). The highest BCUT2D eigenvalue weighted by atomic mass is 19.1. The van der Waals surface area contributed by atoms with Gasteiger partial charge in [-0.05, 0) is 48.9 Å². The van der Waals surface area contributed by atoms with Gasteiger partial charge in [-0.1, -0.05) is 18.2 Å². The molecule has 0 unspecified atom stereocenters. The average molecular weight is 391 g/mol. The number of oxazole rings is 1. The van der Waals surface area contributed by atoms with Crippen LogP contribution in [0.5, 0.6) is 0 Å². The summed E-state index contributed by atoms with van der Waals surface area (Å²) in [7, 11) is 0. The summed E-state index contributed by atoms with van der Waals surface area (Å²) in [6, 6.07) is 14.2. The highest BCUT2D eigenvalue weighted by Crippen LogP contribution is 2.28. The lowest BCUT2D eigenvalue weighted by Gasteiger charge is -2.10. The zero-order valence-electron chi connectivity index (χ0n) is 15.3. The Hall–Kier alpha value is -3.87. The van der Waals surface area contributed by atoms with Crippen molar-refractivity contribution in [3.8, 4) is 22.6 Å². The first-order valence-electron chi connectivity index (χ1n) is 8.76. The number of benzene rings is 2. The second-order valence-corrected chi connectivity index (χ2v) is 6.30. The fourth-order valence-corrected chi connectivity index (χ4v) is 3.02. The summed E-state index contributed by atoms with van der Waals surface area (Å²) in [4.78, 5) is 20.7. The highest BCUT2D eigenvalue weighted by molar-refractivity contribution is 6.04. The Morgan fingerprint density at radius 1 is 1.00 bits per heavy atom. The smallest absolute Gasteiger partial charge is 0.262 e. The van der Waals surface area contributed by atoms with E-state index in [4.69, 9.17) is 4.42 Å². The fraction of sp³-hybridized carbons (Fsp3) is 0.0455. The van der Waals surface area contributed by atoms with Gasteiger partial charge in [-0.25, -0.2) is 18.7 Å². The van der Waals surface area contributed by atoms with Gasteiger partial charge in [0, 0.05) is 16.8 Å². The lowest BCUT2D eigenvalue weighted by molar-refractivity contribution is 0.101. The molecule has 29 heavy (non-hydrogen) atoms. The largest absolute Gasteiger partial charge is 0.445 e. The topological polar surface area (TPSA) is 68.0 Å². The fourth-order valence-electron chi connectivity index (χ4n) is 3.02. The van der Waals surface area contributed by atoms with Crippen molar-refractivity contribution in [1.29, 1.82) is 0 Å². The summed E-state index contributed by atoms with van der Waals surface area (Å²) in [6.07, 6.45) is 3.08. The molecule has 0 aliphatic heterocycles. The highest BCUT2D eigenvalue weighted by Gasteiger charge is 2.18. The maximum absolute atomic E-state index is 13.8. The predicted octanol–water partition coefficient (Wildman–Crippen LogP) is 5.24. The number of anilines is 1. The molecule has 0 spiro atoms. The van der Waals surface area contributed by atoms with Crippen LogP contribution in [0.15, 0.2) is 71.5 Å².